The summed E-state index contributed by atoms with van der Waals surface area (Å²) in [5, 5.41) is 5.64. The molecule has 3 aromatic rings. The molecule has 0 saturated heterocycles. The van der Waals surface area contributed by atoms with Gasteiger partial charge in [0.1, 0.15) is 6.61 Å². The number of benzene rings is 3. The molecule has 3 aromatic carbocycles. The number of hydrogen-bond acceptors (Lipinski definition) is 5. The van der Waals surface area contributed by atoms with Gasteiger partial charge in [0.05, 0.1) is 23.6 Å². The maximum absolute atomic E-state index is 12.1. The largest absolute Gasteiger partial charge is 0.490 e. The van der Waals surface area contributed by atoms with Crippen molar-refractivity contribution in [1.82, 2.24) is 5.43 Å². The molecule has 1 N–H and O–H groups in total. The molecule has 0 spiro atoms. The van der Waals surface area contributed by atoms with E-state index in [0.29, 0.717) is 38.7 Å². The second kappa shape index (κ2) is 12.8. The summed E-state index contributed by atoms with van der Waals surface area (Å²) in [7, 11) is 0. The molecule has 0 unspecified atom stereocenters. The van der Waals surface area contributed by atoms with Crippen LogP contribution in [0.1, 0.15) is 18.1 Å². The number of hydrogen-bond donors (Lipinski definition) is 1. The maximum Gasteiger partial charge on any atom is 0.250 e. The van der Waals surface area contributed by atoms with Crippen molar-refractivity contribution in [2.24, 2.45) is 5.10 Å². The topological polar surface area (TPSA) is 59.9 Å². The first-order valence-electron chi connectivity index (χ1n) is 9.99. The van der Waals surface area contributed by atoms with E-state index in [0.717, 1.165) is 10.5 Å². The van der Waals surface area contributed by atoms with Crippen LogP contribution in [0.5, 0.6) is 11.5 Å². The Balaban J connectivity index is 1.61. The predicted molar refractivity (Wildman–Crippen MR) is 136 cm³/mol. The molecule has 0 bridgehead atoms. The van der Waals surface area contributed by atoms with E-state index in [2.05, 4.69) is 10.5 Å². The second-order valence-corrected chi connectivity index (χ2v) is 8.98. The quantitative estimate of drug-likeness (QED) is 0.179. The molecular formula is C24H21Cl3N2O3S. The first kappa shape index (κ1) is 25.2. The molecule has 0 atom stereocenters. The van der Waals surface area contributed by atoms with Gasteiger partial charge in [-0.05, 0) is 55.0 Å². The van der Waals surface area contributed by atoms with Gasteiger partial charge in [0.15, 0.2) is 11.5 Å². The van der Waals surface area contributed by atoms with E-state index in [1.165, 1.54) is 18.0 Å². The molecule has 0 radical (unpaired) electrons. The Morgan fingerprint density at radius 1 is 1.03 bits per heavy atom. The number of amides is 1. The summed E-state index contributed by atoms with van der Waals surface area (Å²) < 4.78 is 11.6. The highest BCUT2D eigenvalue weighted by Gasteiger charge is 2.13. The summed E-state index contributed by atoms with van der Waals surface area (Å²) in [6.45, 7) is 2.54. The predicted octanol–water partition coefficient (Wildman–Crippen LogP) is 6.87. The SMILES string of the molecule is CCOc1cc(/C=N\NC(=O)CSc2ccc(Cl)cc2)cc(Cl)c1OCc1ccccc1Cl. The smallest absolute Gasteiger partial charge is 0.250 e. The van der Waals surface area contributed by atoms with Gasteiger partial charge in [0.2, 0.25) is 5.91 Å². The molecule has 0 aromatic heterocycles. The normalized spacial score (nSPS) is 10.9. The monoisotopic (exact) mass is 522 g/mol. The third kappa shape index (κ3) is 7.86. The average Bonchev–Trinajstić information content (AvgIpc) is 2.79. The van der Waals surface area contributed by atoms with Gasteiger partial charge in [0, 0.05) is 20.5 Å². The summed E-state index contributed by atoms with van der Waals surface area (Å²) in [6.07, 6.45) is 1.50. The molecule has 0 saturated carbocycles. The Labute approximate surface area is 212 Å². The minimum atomic E-state index is -0.234. The van der Waals surface area contributed by atoms with Crippen molar-refractivity contribution in [3.05, 3.63) is 86.9 Å². The van der Waals surface area contributed by atoms with E-state index in [9.17, 15) is 4.79 Å². The van der Waals surface area contributed by atoms with Gasteiger partial charge in [-0.2, -0.15) is 5.10 Å². The van der Waals surface area contributed by atoms with Crippen LogP contribution in [0.25, 0.3) is 0 Å². The summed E-state index contributed by atoms with van der Waals surface area (Å²) in [5.74, 6) is 0.878. The fourth-order valence-corrected chi connectivity index (χ4v) is 4.00. The van der Waals surface area contributed by atoms with Crippen molar-refractivity contribution in [3.8, 4) is 11.5 Å². The molecule has 172 valence electrons. The molecule has 0 aliphatic rings. The number of carbonyl (C=O) groups excluding carboxylic acids is 1. The van der Waals surface area contributed by atoms with Crippen LogP contribution in [0, 0.1) is 0 Å². The Morgan fingerprint density at radius 3 is 2.52 bits per heavy atom. The van der Waals surface area contributed by atoms with E-state index in [1.54, 1.807) is 30.3 Å². The number of carbonyl (C=O) groups is 1. The number of ether oxygens (including phenoxy) is 2. The van der Waals surface area contributed by atoms with E-state index in [-0.39, 0.29) is 18.3 Å². The third-order valence-corrected chi connectivity index (χ3v) is 6.16. The molecule has 0 fully saturated rings. The molecule has 9 heteroatoms. The van der Waals surface area contributed by atoms with Crippen molar-refractivity contribution >= 4 is 58.7 Å². The van der Waals surface area contributed by atoms with E-state index < -0.39 is 0 Å². The van der Waals surface area contributed by atoms with Crippen molar-refractivity contribution in [2.45, 2.75) is 18.4 Å². The molecule has 3 rings (SSSR count). The number of nitrogens with zero attached hydrogens (tertiary/aromatic N) is 1. The second-order valence-electron chi connectivity index (χ2n) is 6.68. The molecule has 0 aliphatic carbocycles. The Bertz CT molecular complexity index is 1120. The van der Waals surface area contributed by atoms with Crippen molar-refractivity contribution < 1.29 is 14.3 Å². The van der Waals surface area contributed by atoms with Crippen LogP contribution in [0.2, 0.25) is 15.1 Å². The first-order chi connectivity index (χ1) is 16.0. The molecular weight excluding hydrogens is 503 g/mol. The highest BCUT2D eigenvalue weighted by atomic mass is 35.5. The standard InChI is InChI=1S/C24H21Cl3N2O3S/c1-2-31-22-12-16(11-21(27)24(22)32-14-17-5-3-4-6-20(17)26)13-28-29-23(30)15-33-19-9-7-18(25)8-10-19/h3-13H,2,14-15H2,1H3,(H,29,30)/b28-13-. The van der Waals surface area contributed by atoms with Crippen LogP contribution in [0.3, 0.4) is 0 Å². The van der Waals surface area contributed by atoms with Crippen LogP contribution >= 0.6 is 46.6 Å². The van der Waals surface area contributed by atoms with Gasteiger partial charge in [-0.15, -0.1) is 11.8 Å². The summed E-state index contributed by atoms with van der Waals surface area (Å²) in [4.78, 5) is 13.0. The Morgan fingerprint density at radius 2 is 1.79 bits per heavy atom. The number of thioether (sulfide) groups is 1. The van der Waals surface area contributed by atoms with Crippen LogP contribution in [0.4, 0.5) is 0 Å². The average molecular weight is 524 g/mol. The number of nitrogens with one attached hydrogen (secondary N) is 1. The zero-order valence-electron chi connectivity index (χ0n) is 17.7. The van der Waals surface area contributed by atoms with Gasteiger partial charge in [0.25, 0.3) is 0 Å². The van der Waals surface area contributed by atoms with E-state index in [4.69, 9.17) is 44.3 Å². The van der Waals surface area contributed by atoms with Crippen LogP contribution in [0.15, 0.2) is 70.7 Å². The first-order valence-corrected chi connectivity index (χ1v) is 12.1. The number of rotatable bonds is 10. The lowest BCUT2D eigenvalue weighted by molar-refractivity contribution is -0.118. The third-order valence-electron chi connectivity index (χ3n) is 4.25. The lowest BCUT2D eigenvalue weighted by atomic mass is 10.2. The van der Waals surface area contributed by atoms with Gasteiger partial charge in [-0.3, -0.25) is 4.79 Å². The highest BCUT2D eigenvalue weighted by Crippen LogP contribution is 2.37. The van der Waals surface area contributed by atoms with Gasteiger partial charge in [-0.25, -0.2) is 5.43 Å². The summed E-state index contributed by atoms with van der Waals surface area (Å²) >= 11 is 19.9. The van der Waals surface area contributed by atoms with Gasteiger partial charge >= 0.3 is 0 Å². The van der Waals surface area contributed by atoms with Crippen LogP contribution in [-0.2, 0) is 11.4 Å². The van der Waals surface area contributed by atoms with E-state index in [1.807, 2.05) is 37.3 Å². The number of hydrazone groups is 1. The van der Waals surface area contributed by atoms with Crippen molar-refractivity contribution in [2.75, 3.05) is 12.4 Å². The molecule has 5 nitrogen and oxygen atoms in total. The van der Waals surface area contributed by atoms with E-state index >= 15 is 0 Å². The minimum Gasteiger partial charge on any atom is -0.490 e. The molecule has 33 heavy (non-hydrogen) atoms. The van der Waals surface area contributed by atoms with Gasteiger partial charge in [-0.1, -0.05) is 53.0 Å². The Hall–Kier alpha value is -2.38. The summed E-state index contributed by atoms with van der Waals surface area (Å²) in [5.41, 5.74) is 3.99. The molecule has 0 heterocycles. The fourth-order valence-electron chi connectivity index (χ4n) is 2.72. The van der Waals surface area contributed by atoms with Gasteiger partial charge < -0.3 is 9.47 Å². The zero-order chi connectivity index (χ0) is 23.6. The Kier molecular flexibility index (Phi) is 9.76. The lowest BCUT2D eigenvalue weighted by Crippen LogP contribution is -2.19. The lowest BCUT2D eigenvalue weighted by Gasteiger charge is -2.15. The highest BCUT2D eigenvalue weighted by molar-refractivity contribution is 8.00. The van der Waals surface area contributed by atoms with Crippen LogP contribution < -0.4 is 14.9 Å². The maximum atomic E-state index is 12.1. The minimum absolute atomic E-state index is 0.221. The fraction of sp³-hybridized carbons (Fsp3) is 0.167. The zero-order valence-corrected chi connectivity index (χ0v) is 20.8. The molecule has 1 amide bonds. The van der Waals surface area contributed by atoms with Crippen LogP contribution in [-0.4, -0.2) is 24.5 Å². The number of halogens is 3. The molecule has 0 aliphatic heterocycles. The summed E-state index contributed by atoms with van der Waals surface area (Å²) in [6, 6.07) is 18.1. The van der Waals surface area contributed by atoms with Crippen molar-refractivity contribution in [1.29, 1.82) is 0 Å². The van der Waals surface area contributed by atoms with Crippen molar-refractivity contribution in [3.63, 3.8) is 0 Å².